The predicted molar refractivity (Wildman–Crippen MR) is 116 cm³/mol. The Labute approximate surface area is 169 Å². The number of aliphatic hydroxyl groups excluding tert-OH is 1. The van der Waals surface area contributed by atoms with E-state index < -0.39 is 14.4 Å². The van der Waals surface area contributed by atoms with E-state index in [2.05, 4.69) is 59.5 Å². The number of aliphatic hydroxyl groups is 1. The number of hydrogen-bond donors (Lipinski definition) is 1. The smallest absolute Gasteiger partial charge is 0.177 e. The average Bonchev–Trinajstić information content (AvgIpc) is 2.49. The molecule has 0 heterocycles. The van der Waals surface area contributed by atoms with Crippen molar-refractivity contribution < 1.29 is 14.6 Å². The van der Waals surface area contributed by atoms with E-state index in [4.69, 9.17) is 21.1 Å². The Balaban J connectivity index is 3.13. The van der Waals surface area contributed by atoms with Crippen LogP contribution < -0.4 is 0 Å². The highest BCUT2D eigenvalue weighted by Gasteiger charge is 2.31. The molecule has 1 aromatic rings. The van der Waals surface area contributed by atoms with Crippen LogP contribution in [0.4, 0.5) is 0 Å². The van der Waals surface area contributed by atoms with Crippen molar-refractivity contribution >= 4 is 31.4 Å². The van der Waals surface area contributed by atoms with Crippen molar-refractivity contribution in [2.45, 2.75) is 70.7 Å². The van der Waals surface area contributed by atoms with E-state index in [0.717, 1.165) is 5.20 Å². The number of ether oxygens (including phenoxy) is 2. The third kappa shape index (κ3) is 6.70. The summed E-state index contributed by atoms with van der Waals surface area (Å²) in [6, 6.07) is 4.39. The number of rotatable bonds is 9. The van der Waals surface area contributed by atoms with Crippen molar-refractivity contribution in [1.82, 2.24) is 0 Å². The molecule has 0 fully saturated rings. The summed E-state index contributed by atoms with van der Waals surface area (Å²) in [5.74, 6) is 0. The summed E-state index contributed by atoms with van der Waals surface area (Å²) >= 11 is 8.53. The Morgan fingerprint density at radius 1 is 1.19 bits per heavy atom. The van der Waals surface area contributed by atoms with Gasteiger partial charge in [0.05, 0.1) is 8.07 Å². The number of hydrogen-bond acceptors (Lipinski definition) is 4. The fourth-order valence-corrected chi connectivity index (χ4v) is 6.94. The first-order chi connectivity index (χ1) is 12.0. The zero-order valence-electron chi connectivity index (χ0n) is 17.3. The number of thioether (sulfide) groups is 1. The molecule has 0 saturated carbocycles. The largest absolute Gasteiger partial charge is 0.365 e. The molecular weight excluding hydrogens is 384 g/mol. The topological polar surface area (TPSA) is 38.7 Å². The Morgan fingerprint density at radius 3 is 2.19 bits per heavy atom. The molecule has 1 N–H and O–H groups in total. The van der Waals surface area contributed by atoms with E-state index in [0.29, 0.717) is 11.6 Å². The second-order valence-electron chi connectivity index (χ2n) is 7.63. The van der Waals surface area contributed by atoms with Crippen LogP contribution in [0, 0.1) is 20.8 Å². The van der Waals surface area contributed by atoms with Crippen molar-refractivity contribution in [3.63, 3.8) is 0 Å². The second kappa shape index (κ2) is 10.3. The first kappa shape index (κ1) is 23.7. The normalized spacial score (nSPS) is 15.6. The van der Waals surface area contributed by atoms with Gasteiger partial charge in [-0.1, -0.05) is 48.9 Å². The maximum atomic E-state index is 10.6. The van der Waals surface area contributed by atoms with Crippen LogP contribution in [-0.2, 0) is 9.47 Å². The molecule has 2 unspecified atom stereocenters. The quantitative estimate of drug-likeness (QED) is 0.239. The minimum Gasteiger partial charge on any atom is -0.365 e. The fraction of sp³-hybridized carbons (Fsp3) is 0.600. The summed E-state index contributed by atoms with van der Waals surface area (Å²) in [4.78, 5) is 1.25. The third-order valence-electron chi connectivity index (χ3n) is 4.08. The van der Waals surface area contributed by atoms with Gasteiger partial charge in [0.15, 0.2) is 6.29 Å². The third-order valence-corrected chi connectivity index (χ3v) is 8.50. The van der Waals surface area contributed by atoms with E-state index in [1.165, 1.54) is 21.6 Å². The van der Waals surface area contributed by atoms with Gasteiger partial charge >= 0.3 is 0 Å². The van der Waals surface area contributed by atoms with E-state index in [9.17, 15) is 5.11 Å². The molecule has 0 aromatic heterocycles. The van der Waals surface area contributed by atoms with Crippen LogP contribution >= 0.6 is 23.4 Å². The molecule has 0 saturated heterocycles. The van der Waals surface area contributed by atoms with Crippen molar-refractivity contribution in [3.05, 3.63) is 39.1 Å². The number of aryl methyl sites for hydroxylation is 3. The van der Waals surface area contributed by atoms with Crippen LogP contribution in [0.1, 0.15) is 30.5 Å². The zero-order valence-corrected chi connectivity index (χ0v) is 19.8. The lowest BCUT2D eigenvalue weighted by Gasteiger charge is -2.29. The average molecular weight is 417 g/mol. The maximum Gasteiger partial charge on any atom is 0.177 e. The van der Waals surface area contributed by atoms with E-state index in [-0.39, 0.29) is 12.0 Å². The molecule has 6 heteroatoms. The van der Waals surface area contributed by atoms with Gasteiger partial charge in [-0.25, -0.2) is 0 Å². The summed E-state index contributed by atoms with van der Waals surface area (Å²) in [7, 11) is -1.89. The highest BCUT2D eigenvalue weighted by Crippen LogP contribution is 2.38. The highest BCUT2D eigenvalue weighted by molar-refractivity contribution is 8.00. The Hall–Kier alpha value is -0.303. The van der Waals surface area contributed by atoms with Crippen LogP contribution in [-0.4, -0.2) is 38.1 Å². The first-order valence-corrected chi connectivity index (χ1v) is 13.8. The van der Waals surface area contributed by atoms with Crippen LogP contribution in [0.2, 0.25) is 19.6 Å². The predicted octanol–water partition coefficient (Wildman–Crippen LogP) is 5.79. The summed E-state index contributed by atoms with van der Waals surface area (Å²) in [6.45, 7) is 17.5. The summed E-state index contributed by atoms with van der Waals surface area (Å²) in [5.41, 5.74) is 3.78. The lowest BCUT2D eigenvalue weighted by atomic mass is 10.1. The monoisotopic (exact) mass is 416 g/mol. The van der Waals surface area contributed by atoms with E-state index in [1.807, 2.05) is 6.92 Å². The molecule has 0 aliphatic carbocycles. The molecular formula is C20H33ClO3SSi. The van der Waals surface area contributed by atoms with Crippen molar-refractivity contribution in [1.29, 1.82) is 0 Å². The minimum atomic E-state index is -1.89. The van der Waals surface area contributed by atoms with E-state index in [1.54, 1.807) is 11.8 Å². The molecule has 2 atom stereocenters. The Bertz CT molecular complexity index is 617. The van der Waals surface area contributed by atoms with Gasteiger partial charge in [0.1, 0.15) is 6.79 Å². The molecule has 1 aromatic carbocycles. The minimum absolute atomic E-state index is 0.0313. The molecule has 26 heavy (non-hydrogen) atoms. The number of benzene rings is 1. The van der Waals surface area contributed by atoms with E-state index >= 15 is 0 Å². The summed E-state index contributed by atoms with van der Waals surface area (Å²) in [6.07, 6.45) is -1.02. The van der Waals surface area contributed by atoms with Gasteiger partial charge in [0.25, 0.3) is 0 Å². The molecule has 0 aliphatic rings. The van der Waals surface area contributed by atoms with Gasteiger partial charge < -0.3 is 14.6 Å². The number of halogens is 1. The molecule has 0 aliphatic heterocycles. The van der Waals surface area contributed by atoms with Gasteiger partial charge in [0.2, 0.25) is 0 Å². The zero-order chi connectivity index (χ0) is 20.1. The van der Waals surface area contributed by atoms with Crippen LogP contribution in [0.15, 0.2) is 27.3 Å². The molecule has 0 bridgehead atoms. The Morgan fingerprint density at radius 2 is 1.73 bits per heavy atom. The lowest BCUT2D eigenvalue weighted by molar-refractivity contribution is -0.147. The van der Waals surface area contributed by atoms with Crippen molar-refractivity contribution in [3.8, 4) is 0 Å². The maximum absolute atomic E-state index is 10.6. The van der Waals surface area contributed by atoms with Gasteiger partial charge in [-0.05, 0) is 50.9 Å². The molecule has 0 amide bonds. The second-order valence-corrected chi connectivity index (χ2v) is 14.4. The summed E-state index contributed by atoms with van der Waals surface area (Å²) in [5, 5.41) is 12.1. The SMILES string of the molecule is CCOCOC(O)/C(=C(\Cl)C(C)Sc1c(C)cc(C)cc1C)[Si](C)(C)C. The van der Waals surface area contributed by atoms with Crippen molar-refractivity contribution in [2.24, 2.45) is 0 Å². The molecule has 1 rings (SSSR count). The van der Waals surface area contributed by atoms with Crippen LogP contribution in [0.5, 0.6) is 0 Å². The molecule has 0 spiro atoms. The first-order valence-electron chi connectivity index (χ1n) is 9.01. The van der Waals surface area contributed by atoms with Gasteiger partial charge in [0, 0.05) is 21.8 Å². The lowest BCUT2D eigenvalue weighted by Crippen LogP contribution is -2.36. The van der Waals surface area contributed by atoms with Crippen LogP contribution in [0.25, 0.3) is 0 Å². The van der Waals surface area contributed by atoms with Crippen LogP contribution in [0.3, 0.4) is 0 Å². The van der Waals surface area contributed by atoms with Gasteiger partial charge in [-0.3, -0.25) is 0 Å². The summed E-state index contributed by atoms with van der Waals surface area (Å²) < 4.78 is 10.7. The fourth-order valence-electron chi connectivity index (χ4n) is 2.93. The van der Waals surface area contributed by atoms with Gasteiger partial charge in [-0.15, -0.1) is 11.8 Å². The highest BCUT2D eigenvalue weighted by atomic mass is 35.5. The van der Waals surface area contributed by atoms with Gasteiger partial charge in [-0.2, -0.15) is 0 Å². The molecule has 0 radical (unpaired) electrons. The Kier molecular flexibility index (Phi) is 9.40. The molecule has 148 valence electrons. The standard InChI is InChI=1S/C20H33ClO3SSi/c1-9-23-12-24-20(22)19(26(6,7)8)17(21)16(5)25-18-14(3)10-13(2)11-15(18)4/h10-11,16,20,22H,9,12H2,1-8H3/b19-17+. The molecule has 3 nitrogen and oxygen atoms in total. The van der Waals surface area contributed by atoms with Crippen molar-refractivity contribution in [2.75, 3.05) is 13.4 Å².